The average molecular weight is 893 g/mol. The zero-order valence-corrected chi connectivity index (χ0v) is 38.3. The quantitative estimate of drug-likeness (QED) is 0.0902. The molecule has 0 fully saturated rings. The van der Waals surface area contributed by atoms with E-state index in [2.05, 4.69) is 25.3 Å². The van der Waals surface area contributed by atoms with Crippen molar-refractivity contribution in [1.82, 2.24) is 9.21 Å². The molecule has 0 unspecified atom stereocenters. The number of hydrogen-bond acceptors (Lipinski definition) is 8. The van der Waals surface area contributed by atoms with Crippen LogP contribution in [-0.2, 0) is 40.5 Å². The fraction of sp³-hybridized carbons (Fsp3) is 0.391. The maximum atomic E-state index is 13.9. The number of carbonyl (C=O) groups excluding carboxylic acids is 1. The second kappa shape index (κ2) is 18.9. The molecule has 328 valence electrons. The van der Waals surface area contributed by atoms with Crippen LogP contribution in [0, 0.1) is 5.41 Å². The van der Waals surface area contributed by atoms with Crippen LogP contribution in [0.4, 0.5) is 5.69 Å². The highest BCUT2D eigenvalue weighted by Crippen LogP contribution is 2.50. The molecule has 0 radical (unpaired) electrons. The summed E-state index contributed by atoms with van der Waals surface area (Å²) in [6, 6.07) is 8.83. The van der Waals surface area contributed by atoms with Gasteiger partial charge in [0.1, 0.15) is 12.3 Å². The minimum absolute atomic E-state index is 0.00774. The molecule has 2 aromatic carbocycles. The Morgan fingerprint density at radius 2 is 1.57 bits per heavy atom. The predicted octanol–water partition coefficient (Wildman–Crippen LogP) is 7.98. The molecule has 5 rings (SSSR count). The summed E-state index contributed by atoms with van der Waals surface area (Å²) < 4.78 is 97.1. The van der Waals surface area contributed by atoms with Crippen LogP contribution in [0.2, 0.25) is 0 Å². The molecule has 15 heteroatoms. The maximum Gasteiger partial charge on any atom is 0.265 e. The smallest absolute Gasteiger partial charge is 0.265 e. The van der Waals surface area contributed by atoms with Gasteiger partial charge in [-0.3, -0.25) is 9.11 Å². The third kappa shape index (κ3) is 10.9. The summed E-state index contributed by atoms with van der Waals surface area (Å²) in [5.74, 6) is -0.820. The zero-order valence-electron chi connectivity index (χ0n) is 35.8. The van der Waals surface area contributed by atoms with E-state index >= 15 is 0 Å². The van der Waals surface area contributed by atoms with Gasteiger partial charge in [-0.15, -0.1) is 0 Å². The Balaban J connectivity index is 1.54. The second-order valence-electron chi connectivity index (χ2n) is 16.7. The summed E-state index contributed by atoms with van der Waals surface area (Å²) in [6.45, 7) is 14.9. The highest BCUT2D eigenvalue weighted by molar-refractivity contribution is 7.89. The number of sulfonamides is 1. The lowest BCUT2D eigenvalue weighted by atomic mass is 9.79. The van der Waals surface area contributed by atoms with E-state index in [0.29, 0.717) is 24.8 Å². The number of allylic oxidation sites excluding steroid dienone is 13. The number of carbonyl (C=O) groups is 1. The van der Waals surface area contributed by atoms with Gasteiger partial charge in [0.05, 0.1) is 21.8 Å². The first-order chi connectivity index (χ1) is 28.5. The summed E-state index contributed by atoms with van der Waals surface area (Å²) in [5, 5.41) is 1.28. The first-order valence-corrected chi connectivity index (χ1v) is 25.0. The fourth-order valence-electron chi connectivity index (χ4n) is 8.56. The maximum absolute atomic E-state index is 13.9. The minimum Gasteiger partial charge on any atom is -0.344 e. The Labute approximate surface area is 362 Å². The minimum atomic E-state index is -4.22. The highest BCUT2D eigenvalue weighted by Gasteiger charge is 2.46. The number of hydrogen-bond donors (Lipinski definition) is 2. The molecule has 0 atom stereocenters. The number of Topliss-reactive ketones (excluding diaryl/α,β-unsaturated/α-hetero) is 1. The van der Waals surface area contributed by atoms with Crippen LogP contribution in [0.15, 0.2) is 131 Å². The van der Waals surface area contributed by atoms with Gasteiger partial charge in [-0.25, -0.2) is 12.7 Å². The molecule has 1 aliphatic carbocycles. The molecule has 12 nitrogen and oxygen atoms in total. The lowest BCUT2D eigenvalue weighted by Crippen LogP contribution is -2.29. The summed E-state index contributed by atoms with van der Waals surface area (Å²) in [5.41, 5.74) is 4.94. The van der Waals surface area contributed by atoms with E-state index < -0.39 is 46.8 Å². The third-order valence-corrected chi connectivity index (χ3v) is 14.9. The average Bonchev–Trinajstić information content (AvgIpc) is 3.50. The fourth-order valence-corrected chi connectivity index (χ4v) is 11.0. The molecule has 2 aliphatic heterocycles. The van der Waals surface area contributed by atoms with Crippen molar-refractivity contribution in [3.8, 4) is 0 Å². The largest absolute Gasteiger partial charge is 0.344 e. The Morgan fingerprint density at radius 1 is 0.869 bits per heavy atom. The molecule has 0 spiro atoms. The van der Waals surface area contributed by atoms with Crippen molar-refractivity contribution in [2.45, 2.75) is 77.0 Å². The van der Waals surface area contributed by atoms with Crippen molar-refractivity contribution in [1.29, 1.82) is 0 Å². The van der Waals surface area contributed by atoms with Crippen molar-refractivity contribution in [3.05, 3.63) is 132 Å². The van der Waals surface area contributed by atoms with Crippen molar-refractivity contribution in [2.75, 3.05) is 38.2 Å². The molecular formula is C46H58N3O9S3+. The van der Waals surface area contributed by atoms with Crippen LogP contribution in [0.5, 0.6) is 0 Å². The predicted molar refractivity (Wildman–Crippen MR) is 244 cm³/mol. The molecule has 0 saturated carbocycles. The van der Waals surface area contributed by atoms with Crippen LogP contribution >= 0.6 is 0 Å². The number of nitrogens with zero attached hydrogens (tertiary/aromatic N) is 3. The van der Waals surface area contributed by atoms with E-state index in [1.165, 1.54) is 18.3 Å². The summed E-state index contributed by atoms with van der Waals surface area (Å²) in [7, 11) is -10.8. The van der Waals surface area contributed by atoms with E-state index in [1.807, 2.05) is 97.4 Å². The number of ketones is 1. The second-order valence-corrected chi connectivity index (χ2v) is 21.8. The Hall–Kier alpha value is -4.51. The van der Waals surface area contributed by atoms with E-state index in [4.69, 9.17) is 0 Å². The monoisotopic (exact) mass is 892 g/mol. The van der Waals surface area contributed by atoms with Gasteiger partial charge in [0.25, 0.3) is 20.2 Å². The van der Waals surface area contributed by atoms with Crippen molar-refractivity contribution in [3.63, 3.8) is 0 Å². The van der Waals surface area contributed by atoms with Gasteiger partial charge >= 0.3 is 0 Å². The number of rotatable bonds is 17. The molecule has 0 bridgehead atoms. The summed E-state index contributed by atoms with van der Waals surface area (Å²) in [6.07, 6.45) is 23.3. The molecule has 61 heavy (non-hydrogen) atoms. The zero-order chi connectivity index (χ0) is 45.0. The van der Waals surface area contributed by atoms with Crippen molar-refractivity contribution >= 4 is 58.2 Å². The molecule has 3 aliphatic rings. The van der Waals surface area contributed by atoms with Gasteiger partial charge in [-0.2, -0.15) is 21.4 Å². The van der Waals surface area contributed by atoms with Crippen LogP contribution in [0.25, 0.3) is 10.8 Å². The molecule has 0 amide bonds. The van der Waals surface area contributed by atoms with E-state index in [9.17, 15) is 39.2 Å². The van der Waals surface area contributed by atoms with Crippen LogP contribution in [-0.4, -0.2) is 97.8 Å². The normalized spacial score (nSPS) is 20.4. The SMILES string of the molecule is C=C1/C=C\C=C/C/C=C\C2=C1C(C)(C)\C(=C/C=C/C=C/C1=[N+](CCCS(=O)(=O)O)c3ccc4c(S(=O)(=O)N(C)CCCC(C)=O)cccc4c3C1(C)C)N2CCCS(=O)(=O)O. The standard InChI is InChI=1S/C46H57N3O9S3/c1-34-20-12-9-8-10-13-23-38-43(34)45(3,4)41(48(38)30-18-32-59(51,52)53)25-14-11-15-26-42-46(5,6)44-37-22-16-24-40(61(57,58)47(7)29-17-21-35(2)50)36(37)27-28-39(44)49(42)31-19-33-60(54,55)56/h8-9,11-16,20,22-28H,1,10,17-19,21,29-33H2,2-7H3,(H-,51,52,53,54,55,56)/p+1/b9-8-,20-12-,23-13-. The highest BCUT2D eigenvalue weighted by atomic mass is 32.2. The molecule has 2 heterocycles. The lowest BCUT2D eigenvalue weighted by molar-refractivity contribution is -0.437. The Kier molecular flexibility index (Phi) is 14.7. The van der Waals surface area contributed by atoms with E-state index in [-0.39, 0.29) is 48.8 Å². The molecule has 2 N–H and O–H groups in total. The number of fused-ring (bicyclic) bond motifs is 3. The molecule has 2 aromatic rings. The molecule has 0 aromatic heterocycles. The summed E-state index contributed by atoms with van der Waals surface area (Å²) in [4.78, 5) is 13.8. The van der Waals surface area contributed by atoms with Gasteiger partial charge in [-0.05, 0) is 80.9 Å². The third-order valence-electron chi connectivity index (χ3n) is 11.4. The van der Waals surface area contributed by atoms with Gasteiger partial charge < -0.3 is 9.69 Å². The van der Waals surface area contributed by atoms with Crippen molar-refractivity contribution < 1.29 is 43.7 Å². The van der Waals surface area contributed by atoms with Crippen LogP contribution < -0.4 is 0 Å². The van der Waals surface area contributed by atoms with E-state index in [0.717, 1.165) is 44.9 Å². The van der Waals surface area contributed by atoms with Gasteiger partial charge in [0.15, 0.2) is 5.71 Å². The number of benzene rings is 2. The van der Waals surface area contributed by atoms with Crippen molar-refractivity contribution in [2.24, 2.45) is 5.41 Å². The van der Waals surface area contributed by atoms with Crippen LogP contribution in [0.1, 0.15) is 72.3 Å². The topological polar surface area (TPSA) is 169 Å². The first-order valence-electron chi connectivity index (χ1n) is 20.3. The Bertz CT molecular complexity index is 2680. The van der Waals surface area contributed by atoms with Gasteiger partial charge in [0, 0.05) is 72.9 Å². The van der Waals surface area contributed by atoms with Gasteiger partial charge in [-0.1, -0.05) is 81.2 Å². The first kappa shape index (κ1) is 47.5. The molecular weight excluding hydrogens is 835 g/mol. The molecule has 0 saturated heterocycles. The van der Waals surface area contributed by atoms with Gasteiger partial charge in [0.2, 0.25) is 15.7 Å². The van der Waals surface area contributed by atoms with E-state index in [1.54, 1.807) is 18.2 Å². The summed E-state index contributed by atoms with van der Waals surface area (Å²) >= 11 is 0. The lowest BCUT2D eigenvalue weighted by Gasteiger charge is -2.29. The van der Waals surface area contributed by atoms with Crippen LogP contribution in [0.3, 0.4) is 0 Å². The Morgan fingerprint density at radius 3 is 2.26 bits per heavy atom.